The number of hydrogen-bond donors (Lipinski definition) is 1. The molecule has 0 radical (unpaired) electrons. The van der Waals surface area contributed by atoms with Crippen molar-refractivity contribution in [3.8, 4) is 11.5 Å². The number of carbonyl (C=O) groups is 2. The van der Waals surface area contributed by atoms with E-state index in [4.69, 9.17) is 21.1 Å². The predicted octanol–water partition coefficient (Wildman–Crippen LogP) is 5.14. The lowest BCUT2D eigenvalue weighted by molar-refractivity contribution is -0.137. The number of rotatable bonds is 8. The number of nitrogens with one attached hydrogen (secondary N) is 1. The molecule has 3 aromatic rings. The molecule has 0 fully saturated rings. The number of para-hydroxylation sites is 2. The molecule has 1 heterocycles. The highest BCUT2D eigenvalue weighted by Gasteiger charge is 2.39. The second-order valence-corrected chi connectivity index (χ2v) is 7.79. The Morgan fingerprint density at radius 2 is 1.61 bits per heavy atom. The molecule has 0 aromatic heterocycles. The van der Waals surface area contributed by atoms with Crippen LogP contribution in [0.4, 0.5) is 5.69 Å². The van der Waals surface area contributed by atoms with Crippen LogP contribution < -0.4 is 14.8 Å². The molecule has 168 valence electrons. The van der Waals surface area contributed by atoms with E-state index >= 15 is 0 Å². The van der Waals surface area contributed by atoms with Crippen molar-refractivity contribution in [1.29, 1.82) is 0 Å². The van der Waals surface area contributed by atoms with Gasteiger partial charge in [0.1, 0.15) is 17.2 Å². The Labute approximate surface area is 197 Å². The molecular formula is C26H23ClN2O4. The summed E-state index contributed by atoms with van der Waals surface area (Å²) in [5.41, 5.74) is 2.51. The Hall–Kier alpha value is -3.77. The zero-order valence-corrected chi connectivity index (χ0v) is 19.1. The largest absolute Gasteiger partial charge is 0.497 e. The van der Waals surface area contributed by atoms with E-state index in [2.05, 4.69) is 5.32 Å². The Morgan fingerprint density at radius 1 is 0.909 bits per heavy atom. The Balaban J connectivity index is 1.74. The van der Waals surface area contributed by atoms with E-state index in [1.54, 1.807) is 55.6 Å². The van der Waals surface area contributed by atoms with Gasteiger partial charge >= 0.3 is 0 Å². The van der Waals surface area contributed by atoms with Crippen LogP contribution >= 0.6 is 11.6 Å². The van der Waals surface area contributed by atoms with Gasteiger partial charge in [0.05, 0.1) is 31.5 Å². The molecule has 0 spiro atoms. The second-order valence-electron chi connectivity index (χ2n) is 7.36. The van der Waals surface area contributed by atoms with Gasteiger partial charge in [-0.05, 0) is 54.4 Å². The molecule has 0 bridgehead atoms. The Kier molecular flexibility index (Phi) is 6.66. The third kappa shape index (κ3) is 4.71. The monoisotopic (exact) mass is 462 g/mol. The van der Waals surface area contributed by atoms with E-state index < -0.39 is 5.91 Å². The van der Waals surface area contributed by atoms with E-state index in [0.717, 1.165) is 5.56 Å². The van der Waals surface area contributed by atoms with Crippen LogP contribution in [0, 0.1) is 0 Å². The van der Waals surface area contributed by atoms with Crippen molar-refractivity contribution < 1.29 is 19.1 Å². The summed E-state index contributed by atoms with van der Waals surface area (Å²) in [4.78, 5) is 28.2. The number of benzene rings is 3. The molecule has 0 saturated heterocycles. The summed E-state index contributed by atoms with van der Waals surface area (Å²) in [6, 6.07) is 21.4. The molecule has 1 N–H and O–H groups in total. The molecular weight excluding hydrogens is 440 g/mol. The quantitative estimate of drug-likeness (QED) is 0.469. The third-order valence-corrected chi connectivity index (χ3v) is 5.50. The lowest BCUT2D eigenvalue weighted by atomic mass is 10.0. The van der Waals surface area contributed by atoms with Crippen LogP contribution in [-0.4, -0.2) is 30.4 Å². The van der Waals surface area contributed by atoms with Gasteiger partial charge in [-0.1, -0.05) is 48.0 Å². The lowest BCUT2D eigenvalue weighted by Crippen LogP contribution is -2.32. The number of amides is 2. The first kappa shape index (κ1) is 22.4. The SMILES string of the molecule is CCOc1ccccc1NC1=C(c2ccc(OC)cc2)C(=O)N(Cc2ccc(Cl)cc2)C1=O. The minimum atomic E-state index is -0.410. The van der Waals surface area contributed by atoms with E-state index in [1.807, 2.05) is 31.2 Å². The first-order valence-electron chi connectivity index (χ1n) is 10.5. The molecule has 33 heavy (non-hydrogen) atoms. The average molecular weight is 463 g/mol. The molecule has 4 rings (SSSR count). The molecule has 7 heteroatoms. The van der Waals surface area contributed by atoms with Crippen LogP contribution in [-0.2, 0) is 16.1 Å². The number of methoxy groups -OCH3 is 1. The van der Waals surface area contributed by atoms with E-state index in [0.29, 0.717) is 40.0 Å². The Morgan fingerprint density at radius 3 is 2.27 bits per heavy atom. The smallest absolute Gasteiger partial charge is 0.278 e. The fourth-order valence-electron chi connectivity index (χ4n) is 3.62. The summed E-state index contributed by atoms with van der Waals surface area (Å²) in [6.07, 6.45) is 0. The van der Waals surface area contributed by atoms with Crippen molar-refractivity contribution in [3.05, 3.63) is 94.6 Å². The summed E-state index contributed by atoms with van der Waals surface area (Å²) in [6.45, 7) is 2.49. The zero-order valence-electron chi connectivity index (χ0n) is 18.3. The Bertz CT molecular complexity index is 1200. The topological polar surface area (TPSA) is 67.9 Å². The maximum absolute atomic E-state index is 13.5. The summed E-state index contributed by atoms with van der Waals surface area (Å²) < 4.78 is 10.9. The fourth-order valence-corrected chi connectivity index (χ4v) is 3.75. The van der Waals surface area contributed by atoms with Gasteiger partial charge in [0.15, 0.2) is 0 Å². The highest BCUT2D eigenvalue weighted by molar-refractivity contribution is 6.36. The predicted molar refractivity (Wildman–Crippen MR) is 128 cm³/mol. The maximum atomic E-state index is 13.5. The fraction of sp³-hybridized carbons (Fsp3) is 0.154. The zero-order chi connectivity index (χ0) is 23.4. The van der Waals surface area contributed by atoms with Crippen LogP contribution in [0.2, 0.25) is 5.02 Å². The minimum Gasteiger partial charge on any atom is -0.497 e. The van der Waals surface area contributed by atoms with Crippen LogP contribution in [0.1, 0.15) is 18.1 Å². The van der Waals surface area contributed by atoms with Crippen molar-refractivity contribution in [2.24, 2.45) is 0 Å². The van der Waals surface area contributed by atoms with Gasteiger partial charge in [-0.15, -0.1) is 0 Å². The second kappa shape index (κ2) is 9.79. The third-order valence-electron chi connectivity index (χ3n) is 5.25. The normalized spacial score (nSPS) is 13.5. The standard InChI is InChI=1S/C26H23ClN2O4/c1-3-33-22-7-5-4-6-21(22)28-24-23(18-10-14-20(32-2)15-11-18)25(30)29(26(24)31)16-17-8-12-19(27)13-9-17/h4-15,28H,3,16H2,1-2H3. The number of halogens is 1. The molecule has 2 amide bonds. The molecule has 0 aliphatic carbocycles. The van der Waals surface area contributed by atoms with Crippen molar-refractivity contribution in [1.82, 2.24) is 4.90 Å². The average Bonchev–Trinajstić information content (AvgIpc) is 3.06. The van der Waals surface area contributed by atoms with Gasteiger partial charge in [0.2, 0.25) is 0 Å². The summed E-state index contributed by atoms with van der Waals surface area (Å²) in [7, 11) is 1.57. The maximum Gasteiger partial charge on any atom is 0.278 e. The molecule has 0 unspecified atom stereocenters. The van der Waals surface area contributed by atoms with Gasteiger partial charge in [0, 0.05) is 5.02 Å². The first-order chi connectivity index (χ1) is 16.0. The number of anilines is 1. The van der Waals surface area contributed by atoms with Crippen molar-refractivity contribution >= 4 is 34.7 Å². The van der Waals surface area contributed by atoms with E-state index in [-0.39, 0.29) is 18.1 Å². The number of ether oxygens (including phenoxy) is 2. The van der Waals surface area contributed by atoms with Crippen molar-refractivity contribution in [2.45, 2.75) is 13.5 Å². The van der Waals surface area contributed by atoms with Gasteiger partial charge in [-0.25, -0.2) is 0 Å². The molecule has 3 aromatic carbocycles. The molecule has 1 aliphatic heterocycles. The highest BCUT2D eigenvalue weighted by atomic mass is 35.5. The van der Waals surface area contributed by atoms with E-state index in [9.17, 15) is 9.59 Å². The highest BCUT2D eigenvalue weighted by Crippen LogP contribution is 2.34. The number of hydrogen-bond acceptors (Lipinski definition) is 5. The number of carbonyl (C=O) groups excluding carboxylic acids is 2. The van der Waals surface area contributed by atoms with Crippen molar-refractivity contribution in [3.63, 3.8) is 0 Å². The summed E-state index contributed by atoms with van der Waals surface area (Å²) >= 11 is 5.98. The summed E-state index contributed by atoms with van der Waals surface area (Å²) in [5.74, 6) is 0.465. The van der Waals surface area contributed by atoms with Gasteiger partial charge in [-0.3, -0.25) is 14.5 Å². The summed E-state index contributed by atoms with van der Waals surface area (Å²) in [5, 5.41) is 3.75. The number of nitrogens with zero attached hydrogens (tertiary/aromatic N) is 1. The van der Waals surface area contributed by atoms with Crippen LogP contribution in [0.5, 0.6) is 11.5 Å². The van der Waals surface area contributed by atoms with E-state index in [1.165, 1.54) is 4.90 Å². The minimum absolute atomic E-state index is 0.132. The van der Waals surface area contributed by atoms with Gasteiger partial charge in [0.25, 0.3) is 11.8 Å². The molecule has 0 saturated carbocycles. The van der Waals surface area contributed by atoms with Crippen LogP contribution in [0.25, 0.3) is 5.57 Å². The van der Waals surface area contributed by atoms with Crippen LogP contribution in [0.15, 0.2) is 78.5 Å². The molecule has 6 nitrogen and oxygen atoms in total. The molecule has 1 aliphatic rings. The molecule has 0 atom stereocenters. The van der Waals surface area contributed by atoms with Crippen molar-refractivity contribution in [2.75, 3.05) is 19.0 Å². The lowest BCUT2D eigenvalue weighted by Gasteiger charge is -2.16. The van der Waals surface area contributed by atoms with Gasteiger partial charge < -0.3 is 14.8 Å². The van der Waals surface area contributed by atoms with Gasteiger partial charge in [-0.2, -0.15) is 0 Å². The first-order valence-corrected chi connectivity index (χ1v) is 10.9. The number of imide groups is 1. The van der Waals surface area contributed by atoms with Crippen LogP contribution in [0.3, 0.4) is 0 Å².